The van der Waals surface area contributed by atoms with Gasteiger partial charge in [0.2, 0.25) is 0 Å². The van der Waals surface area contributed by atoms with Gasteiger partial charge in [-0.3, -0.25) is 4.90 Å². The topological polar surface area (TPSA) is 48.0 Å². The fourth-order valence-electron chi connectivity index (χ4n) is 4.21. The molecular formula is C29H22ClF2NO4. The highest BCUT2D eigenvalue weighted by Crippen LogP contribution is 2.39. The summed E-state index contributed by atoms with van der Waals surface area (Å²) in [4.78, 5) is 14.4. The molecule has 4 aromatic rings. The molecule has 1 heterocycles. The van der Waals surface area contributed by atoms with Crippen LogP contribution in [0, 0.1) is 11.6 Å². The predicted molar refractivity (Wildman–Crippen MR) is 136 cm³/mol. The molecule has 0 spiro atoms. The summed E-state index contributed by atoms with van der Waals surface area (Å²) in [6, 6.07) is 25.6. The highest BCUT2D eigenvalue weighted by molar-refractivity contribution is 6.30. The lowest BCUT2D eigenvalue weighted by atomic mass is 10.00. The Morgan fingerprint density at radius 3 is 2.11 bits per heavy atom. The van der Waals surface area contributed by atoms with Crippen LogP contribution in [0.25, 0.3) is 0 Å². The smallest absolute Gasteiger partial charge is 0.415 e. The number of carbonyl (C=O) groups excluding carboxylic acids is 1. The lowest BCUT2D eigenvalue weighted by Crippen LogP contribution is -2.31. The van der Waals surface area contributed by atoms with Gasteiger partial charge in [0.15, 0.2) is 6.10 Å². The van der Waals surface area contributed by atoms with Gasteiger partial charge < -0.3 is 14.2 Å². The summed E-state index contributed by atoms with van der Waals surface area (Å²) >= 11 is 5.92. The molecule has 8 heteroatoms. The zero-order chi connectivity index (χ0) is 25.8. The number of amides is 1. The number of hydrogen-bond donors (Lipinski definition) is 0. The molecule has 0 bridgehead atoms. The number of halogens is 3. The molecule has 5 nitrogen and oxygen atoms in total. The first-order valence-electron chi connectivity index (χ1n) is 11.6. The van der Waals surface area contributed by atoms with Gasteiger partial charge in [0.05, 0.1) is 13.2 Å². The van der Waals surface area contributed by atoms with Crippen LogP contribution in [0.2, 0.25) is 5.02 Å². The first-order chi connectivity index (χ1) is 18.0. The number of benzene rings is 4. The average molecular weight is 522 g/mol. The molecule has 1 aliphatic rings. The van der Waals surface area contributed by atoms with E-state index < -0.39 is 29.9 Å². The van der Waals surface area contributed by atoms with Crippen LogP contribution in [0.4, 0.5) is 19.3 Å². The van der Waals surface area contributed by atoms with Gasteiger partial charge in [-0.15, -0.1) is 0 Å². The number of hydrogen-bond acceptors (Lipinski definition) is 4. The maximum atomic E-state index is 14.2. The number of ether oxygens (including phenoxy) is 3. The summed E-state index contributed by atoms with van der Waals surface area (Å²) in [5.74, 6) is -0.355. The second-order valence-electron chi connectivity index (χ2n) is 8.49. The van der Waals surface area contributed by atoms with E-state index in [9.17, 15) is 13.6 Å². The summed E-state index contributed by atoms with van der Waals surface area (Å²) in [5, 5.41) is 0.595. The Bertz CT molecular complexity index is 1350. The summed E-state index contributed by atoms with van der Waals surface area (Å²) in [7, 11) is 0. The van der Waals surface area contributed by atoms with E-state index >= 15 is 0 Å². The van der Waals surface area contributed by atoms with E-state index in [1.54, 1.807) is 48.5 Å². The molecule has 5 rings (SSSR count). The van der Waals surface area contributed by atoms with Crippen LogP contribution in [0.3, 0.4) is 0 Å². The van der Waals surface area contributed by atoms with Crippen molar-refractivity contribution >= 4 is 23.4 Å². The number of nitrogens with zero attached hydrogens (tertiary/aromatic N) is 1. The Labute approximate surface area is 217 Å². The minimum Gasteiger partial charge on any atom is -0.457 e. The predicted octanol–water partition coefficient (Wildman–Crippen LogP) is 7.69. The minimum absolute atomic E-state index is 0.0394. The molecule has 1 fully saturated rings. The fraction of sp³-hybridized carbons (Fsp3) is 0.138. The van der Waals surface area contributed by atoms with Crippen molar-refractivity contribution in [1.82, 2.24) is 0 Å². The monoisotopic (exact) mass is 521 g/mol. The van der Waals surface area contributed by atoms with Crippen molar-refractivity contribution < 1.29 is 27.8 Å². The first kappa shape index (κ1) is 24.7. The lowest BCUT2D eigenvalue weighted by molar-refractivity contribution is 0.0272. The maximum Gasteiger partial charge on any atom is 0.415 e. The van der Waals surface area contributed by atoms with Crippen molar-refractivity contribution in [3.8, 4) is 11.5 Å². The Kier molecular flexibility index (Phi) is 7.35. The van der Waals surface area contributed by atoms with Gasteiger partial charge in [0.1, 0.15) is 29.2 Å². The van der Waals surface area contributed by atoms with Gasteiger partial charge in [0, 0.05) is 16.8 Å². The molecule has 0 aromatic heterocycles. The van der Waals surface area contributed by atoms with Crippen LogP contribution in [-0.4, -0.2) is 18.8 Å². The Morgan fingerprint density at radius 1 is 0.838 bits per heavy atom. The maximum absolute atomic E-state index is 14.2. The summed E-state index contributed by atoms with van der Waals surface area (Å²) < 4.78 is 45.6. The van der Waals surface area contributed by atoms with Crippen molar-refractivity contribution in [3.63, 3.8) is 0 Å². The van der Waals surface area contributed by atoms with Gasteiger partial charge >= 0.3 is 6.09 Å². The molecule has 37 heavy (non-hydrogen) atoms. The third kappa shape index (κ3) is 5.90. The van der Waals surface area contributed by atoms with Gasteiger partial charge in [-0.25, -0.2) is 13.6 Å². The van der Waals surface area contributed by atoms with Crippen molar-refractivity contribution in [2.75, 3.05) is 11.5 Å². The van der Waals surface area contributed by atoms with Crippen LogP contribution < -0.4 is 9.64 Å². The Balaban J connectivity index is 1.39. The molecule has 0 aliphatic carbocycles. The third-order valence-corrected chi connectivity index (χ3v) is 6.12. The molecule has 1 saturated heterocycles. The van der Waals surface area contributed by atoms with Crippen molar-refractivity contribution in [3.05, 3.63) is 125 Å². The Hall–Kier alpha value is -3.94. The van der Waals surface area contributed by atoms with E-state index in [1.165, 1.54) is 17.0 Å². The summed E-state index contributed by atoms with van der Waals surface area (Å²) in [6.07, 6.45) is -1.43. The van der Waals surface area contributed by atoms with Gasteiger partial charge in [-0.2, -0.15) is 0 Å². The zero-order valence-corrected chi connectivity index (χ0v) is 20.3. The van der Waals surface area contributed by atoms with Crippen molar-refractivity contribution in [2.24, 2.45) is 0 Å². The van der Waals surface area contributed by atoms with Crippen LogP contribution >= 0.6 is 11.6 Å². The van der Waals surface area contributed by atoms with Crippen molar-refractivity contribution in [2.45, 2.75) is 18.8 Å². The standard InChI is InChI=1S/C29H22ClF2NO4/c30-21-6-10-25(11-7-21)36-26-12-8-24(9-13-26)33-28(20-14-22(31)16-23(32)15-20)27(37-29(33)34)18-35-17-19-4-2-1-3-5-19/h1-16,27-28H,17-18H2/t27-,28-/m0/s1. The van der Waals surface area contributed by atoms with E-state index in [0.717, 1.165) is 11.6 Å². The van der Waals surface area contributed by atoms with Gasteiger partial charge in [0.25, 0.3) is 0 Å². The fourth-order valence-corrected chi connectivity index (χ4v) is 4.34. The molecule has 0 N–H and O–H groups in total. The summed E-state index contributed by atoms with van der Waals surface area (Å²) in [6.45, 7) is 0.341. The van der Waals surface area contributed by atoms with Crippen molar-refractivity contribution in [1.29, 1.82) is 0 Å². The molecule has 2 atom stereocenters. The van der Waals surface area contributed by atoms with Gasteiger partial charge in [-0.1, -0.05) is 41.9 Å². The van der Waals surface area contributed by atoms with Crippen LogP contribution in [0.15, 0.2) is 97.1 Å². The summed E-state index contributed by atoms with van der Waals surface area (Å²) in [5.41, 5.74) is 1.69. The van der Waals surface area contributed by atoms with E-state index in [-0.39, 0.29) is 12.2 Å². The SMILES string of the molecule is O=C1O[C@@H](COCc2ccccc2)[C@H](c2cc(F)cc(F)c2)N1c1ccc(Oc2ccc(Cl)cc2)cc1. The molecule has 188 valence electrons. The number of cyclic esters (lactones) is 1. The van der Waals surface area contributed by atoms with Gasteiger partial charge in [-0.05, 0) is 71.8 Å². The second kappa shape index (κ2) is 11.0. The molecule has 1 amide bonds. The van der Waals surface area contributed by atoms with E-state index in [2.05, 4.69) is 0 Å². The van der Waals surface area contributed by atoms with E-state index in [0.29, 0.717) is 28.8 Å². The Morgan fingerprint density at radius 2 is 1.46 bits per heavy atom. The molecule has 0 saturated carbocycles. The highest BCUT2D eigenvalue weighted by Gasteiger charge is 2.44. The third-order valence-electron chi connectivity index (χ3n) is 5.86. The highest BCUT2D eigenvalue weighted by atomic mass is 35.5. The average Bonchev–Trinajstić information content (AvgIpc) is 3.22. The van der Waals surface area contributed by atoms with Crippen LogP contribution in [-0.2, 0) is 16.1 Å². The molecule has 0 radical (unpaired) electrons. The lowest BCUT2D eigenvalue weighted by Gasteiger charge is -2.25. The largest absolute Gasteiger partial charge is 0.457 e. The number of carbonyl (C=O) groups is 1. The number of anilines is 1. The van der Waals surface area contributed by atoms with E-state index in [4.69, 9.17) is 25.8 Å². The van der Waals surface area contributed by atoms with Crippen LogP contribution in [0.5, 0.6) is 11.5 Å². The first-order valence-corrected chi connectivity index (χ1v) is 11.9. The molecular weight excluding hydrogens is 500 g/mol. The molecule has 0 unspecified atom stereocenters. The second-order valence-corrected chi connectivity index (χ2v) is 8.93. The molecule has 1 aliphatic heterocycles. The number of rotatable bonds is 8. The minimum atomic E-state index is -0.809. The quantitative estimate of drug-likeness (QED) is 0.238. The normalized spacial score (nSPS) is 17.1. The van der Waals surface area contributed by atoms with E-state index in [1.807, 2.05) is 30.3 Å². The molecule has 4 aromatic carbocycles. The van der Waals surface area contributed by atoms with Crippen LogP contribution in [0.1, 0.15) is 17.2 Å². The zero-order valence-electron chi connectivity index (χ0n) is 19.5.